The van der Waals surface area contributed by atoms with Gasteiger partial charge in [0, 0.05) is 16.1 Å². The van der Waals surface area contributed by atoms with Gasteiger partial charge in [-0.25, -0.2) is 9.67 Å². The number of benzene rings is 1. The number of esters is 1. The Labute approximate surface area is 194 Å². The topological polar surface area (TPSA) is 74.1 Å². The van der Waals surface area contributed by atoms with Crippen molar-refractivity contribution in [1.82, 2.24) is 14.8 Å². The molecule has 0 aliphatic carbocycles. The molecule has 0 amide bonds. The lowest BCUT2D eigenvalue weighted by atomic mass is 10.2. The Bertz CT molecular complexity index is 1370. The second-order valence-corrected chi connectivity index (χ2v) is 9.52. The van der Waals surface area contributed by atoms with E-state index >= 15 is 0 Å². The number of thiophene rings is 1. The minimum atomic E-state index is -4.46. The molecule has 4 rings (SSSR count). The first kappa shape index (κ1) is 23.4. The Balaban J connectivity index is 1.65. The number of carbonyl (C=O) groups excluding carboxylic acids is 1. The summed E-state index contributed by atoms with van der Waals surface area (Å²) in [5.41, 5.74) is -0.499. The maximum absolute atomic E-state index is 13.0. The molecule has 0 saturated carbocycles. The highest BCUT2D eigenvalue weighted by molar-refractivity contribution is 7.18. The van der Waals surface area contributed by atoms with Crippen LogP contribution in [0.5, 0.6) is 0 Å². The molecule has 4 aromatic rings. The Morgan fingerprint density at radius 3 is 2.73 bits per heavy atom. The van der Waals surface area contributed by atoms with Gasteiger partial charge >= 0.3 is 12.1 Å². The number of ether oxygens (including phenoxy) is 1. The van der Waals surface area contributed by atoms with Crippen LogP contribution in [-0.4, -0.2) is 26.8 Å². The lowest BCUT2D eigenvalue weighted by Gasteiger charge is -2.13. The largest absolute Gasteiger partial charge is 0.462 e. The monoisotopic (exact) mass is 495 g/mol. The number of fused-ring (bicyclic) bond motifs is 2. The summed E-state index contributed by atoms with van der Waals surface area (Å²) in [5, 5.41) is 9.32. The quantitative estimate of drug-likeness (QED) is 0.321. The molecule has 0 aliphatic rings. The van der Waals surface area contributed by atoms with Crippen molar-refractivity contribution in [3.8, 4) is 0 Å². The molecule has 1 aromatic carbocycles. The molecule has 0 bridgehead atoms. The van der Waals surface area contributed by atoms with Gasteiger partial charge in [0.1, 0.15) is 5.01 Å². The zero-order valence-electron chi connectivity index (χ0n) is 17.8. The third kappa shape index (κ3) is 5.09. The van der Waals surface area contributed by atoms with E-state index in [2.05, 4.69) is 10.1 Å². The molecule has 0 spiro atoms. The van der Waals surface area contributed by atoms with Crippen LogP contribution in [0.1, 0.15) is 43.0 Å². The van der Waals surface area contributed by atoms with Crippen molar-refractivity contribution in [2.24, 2.45) is 0 Å². The Hall–Kier alpha value is -2.79. The van der Waals surface area contributed by atoms with Crippen LogP contribution < -0.4 is 5.56 Å². The maximum Gasteiger partial charge on any atom is 0.416 e. The summed E-state index contributed by atoms with van der Waals surface area (Å²) in [6, 6.07) is 3.37. The number of alkyl halides is 3. The van der Waals surface area contributed by atoms with Crippen molar-refractivity contribution < 1.29 is 22.7 Å². The molecule has 174 valence electrons. The highest BCUT2D eigenvalue weighted by atomic mass is 32.1. The van der Waals surface area contributed by atoms with E-state index in [1.807, 2.05) is 13.8 Å². The second-order valence-electron chi connectivity index (χ2n) is 7.66. The first-order chi connectivity index (χ1) is 15.7. The number of aromatic nitrogens is 3. The summed E-state index contributed by atoms with van der Waals surface area (Å²) < 4.78 is 46.2. The molecule has 11 heteroatoms. The normalized spacial score (nSPS) is 13.0. The molecule has 0 N–H and O–H groups in total. The predicted octanol–water partition coefficient (Wildman–Crippen LogP) is 5.41. The van der Waals surface area contributed by atoms with Crippen LogP contribution in [0.4, 0.5) is 13.2 Å². The molecular weight excluding hydrogens is 475 g/mol. The smallest absolute Gasteiger partial charge is 0.416 e. The number of thiazole rings is 1. The van der Waals surface area contributed by atoms with E-state index in [9.17, 15) is 22.8 Å². The van der Waals surface area contributed by atoms with Crippen LogP contribution in [0.2, 0.25) is 0 Å². The predicted molar refractivity (Wildman–Crippen MR) is 122 cm³/mol. The summed E-state index contributed by atoms with van der Waals surface area (Å²) in [7, 11) is 0. The van der Waals surface area contributed by atoms with Crippen LogP contribution in [0, 0.1) is 0 Å². The van der Waals surface area contributed by atoms with Crippen molar-refractivity contribution in [1.29, 1.82) is 0 Å². The Morgan fingerprint density at radius 1 is 1.24 bits per heavy atom. The molecule has 6 nitrogen and oxygen atoms in total. The van der Waals surface area contributed by atoms with Gasteiger partial charge in [-0.15, -0.1) is 11.3 Å². The van der Waals surface area contributed by atoms with Gasteiger partial charge in [0.25, 0.3) is 5.56 Å². The van der Waals surface area contributed by atoms with Gasteiger partial charge in [0.05, 0.1) is 45.9 Å². The van der Waals surface area contributed by atoms with Gasteiger partial charge < -0.3 is 4.74 Å². The minimum Gasteiger partial charge on any atom is -0.462 e. The zero-order chi connectivity index (χ0) is 23.8. The Morgan fingerprint density at radius 2 is 2.00 bits per heavy atom. The number of carbonyl (C=O) groups is 1. The highest BCUT2D eigenvalue weighted by Gasteiger charge is 2.30. The Kier molecular flexibility index (Phi) is 6.53. The number of rotatable bonds is 7. The van der Waals surface area contributed by atoms with Crippen molar-refractivity contribution in [2.75, 3.05) is 0 Å². The summed E-state index contributed by atoms with van der Waals surface area (Å²) in [6.07, 6.45) is -3.12. The zero-order valence-corrected chi connectivity index (χ0v) is 19.4. The first-order valence-electron chi connectivity index (χ1n) is 10.3. The molecule has 1 unspecified atom stereocenters. The van der Waals surface area contributed by atoms with E-state index in [0.717, 1.165) is 25.0 Å². The van der Waals surface area contributed by atoms with Crippen LogP contribution in [0.25, 0.3) is 21.0 Å². The van der Waals surface area contributed by atoms with Gasteiger partial charge in [0.15, 0.2) is 0 Å². The molecular formula is C22H20F3N3O3S2. The van der Waals surface area contributed by atoms with Crippen LogP contribution in [0.15, 0.2) is 33.8 Å². The van der Waals surface area contributed by atoms with Crippen molar-refractivity contribution in [3.63, 3.8) is 0 Å². The van der Waals surface area contributed by atoms with Gasteiger partial charge in [-0.3, -0.25) is 9.59 Å². The van der Waals surface area contributed by atoms with Crippen LogP contribution in [0.3, 0.4) is 0 Å². The van der Waals surface area contributed by atoms with Gasteiger partial charge in [0.2, 0.25) is 0 Å². The summed E-state index contributed by atoms with van der Waals surface area (Å²) in [4.78, 5) is 29.6. The third-order valence-corrected chi connectivity index (χ3v) is 6.83. The number of nitrogens with zero attached hydrogens (tertiary/aromatic N) is 3. The maximum atomic E-state index is 13.0. The van der Waals surface area contributed by atoms with Crippen LogP contribution >= 0.6 is 22.7 Å². The van der Waals surface area contributed by atoms with E-state index in [1.54, 1.807) is 10.8 Å². The standard InChI is InChI=1S/C22H20F3N3O3S2/c1-3-4-12(2)31-20(29)8-16-14-10-32-11-15(14)21(30)28(27-16)9-19-26-17-7-13(22(23,24)25)5-6-18(17)33-19/h5-7,10-12H,3-4,8-9H2,1-2H3. The van der Waals surface area contributed by atoms with E-state index in [1.165, 1.54) is 33.4 Å². The summed E-state index contributed by atoms with van der Waals surface area (Å²) >= 11 is 2.52. The molecule has 3 aromatic heterocycles. The molecule has 1 atom stereocenters. The van der Waals surface area contributed by atoms with Crippen molar-refractivity contribution in [2.45, 2.75) is 51.9 Å². The van der Waals surface area contributed by atoms with Crippen molar-refractivity contribution in [3.05, 3.63) is 55.6 Å². The van der Waals surface area contributed by atoms with E-state index < -0.39 is 17.7 Å². The molecule has 3 heterocycles. The first-order valence-corrected chi connectivity index (χ1v) is 12.0. The van der Waals surface area contributed by atoms with Gasteiger partial charge in [-0.05, 0) is 31.5 Å². The van der Waals surface area contributed by atoms with Gasteiger partial charge in [-0.2, -0.15) is 29.6 Å². The number of hydrogen-bond donors (Lipinski definition) is 0. The SMILES string of the molecule is CCCC(C)OC(=O)Cc1nn(Cc2nc3cc(C(F)(F)F)ccc3s2)c(=O)c2cscc12. The lowest BCUT2D eigenvalue weighted by molar-refractivity contribution is -0.147. The fourth-order valence-corrected chi connectivity index (χ4v) is 5.28. The van der Waals surface area contributed by atoms with E-state index in [0.29, 0.717) is 26.2 Å². The number of hydrogen-bond acceptors (Lipinski definition) is 7. The average molecular weight is 496 g/mol. The minimum absolute atomic E-state index is 0.0143. The van der Waals surface area contributed by atoms with Crippen molar-refractivity contribution >= 4 is 49.6 Å². The summed E-state index contributed by atoms with van der Waals surface area (Å²) in [6.45, 7) is 3.81. The number of halogens is 3. The molecule has 0 radical (unpaired) electrons. The van der Waals surface area contributed by atoms with Crippen LogP contribution in [-0.2, 0) is 28.7 Å². The fraction of sp³-hybridized carbons (Fsp3) is 0.364. The molecule has 0 aliphatic heterocycles. The summed E-state index contributed by atoms with van der Waals surface area (Å²) in [5.74, 6) is -0.430. The van der Waals surface area contributed by atoms with E-state index in [4.69, 9.17) is 4.74 Å². The molecule has 0 saturated heterocycles. The highest BCUT2D eigenvalue weighted by Crippen LogP contribution is 2.33. The second kappa shape index (κ2) is 9.22. The fourth-order valence-electron chi connectivity index (χ4n) is 3.52. The van der Waals surface area contributed by atoms with E-state index in [-0.39, 0.29) is 30.1 Å². The lowest BCUT2D eigenvalue weighted by Crippen LogP contribution is -2.26. The molecule has 33 heavy (non-hydrogen) atoms. The third-order valence-electron chi connectivity index (χ3n) is 5.06. The molecule has 0 fully saturated rings. The average Bonchev–Trinajstić information content (AvgIpc) is 3.37. The van der Waals surface area contributed by atoms with Gasteiger partial charge in [-0.1, -0.05) is 13.3 Å².